The molecule has 7 heteroatoms. The van der Waals surface area contributed by atoms with Crippen LogP contribution in [0.3, 0.4) is 0 Å². The number of benzene rings is 2. The molecule has 152 valence electrons. The van der Waals surface area contributed by atoms with E-state index in [-0.39, 0.29) is 23.5 Å². The molecule has 0 unspecified atom stereocenters. The third kappa shape index (κ3) is 6.60. The first-order valence-electron chi connectivity index (χ1n) is 9.15. The summed E-state index contributed by atoms with van der Waals surface area (Å²) in [5.74, 6) is 1.53. The molecule has 0 radical (unpaired) electrons. The molecule has 0 heterocycles. The molecule has 1 atom stereocenters. The molecule has 2 rings (SSSR count). The zero-order valence-electron chi connectivity index (χ0n) is 16.3. The molecule has 0 aliphatic carbocycles. The predicted octanol–water partition coefficient (Wildman–Crippen LogP) is 5.39. The molecule has 0 aliphatic heterocycles. The molecule has 0 saturated heterocycles. The lowest BCUT2D eigenvalue weighted by atomic mass is 10.1. The van der Waals surface area contributed by atoms with Gasteiger partial charge in [0.05, 0.1) is 25.0 Å². The van der Waals surface area contributed by atoms with Crippen molar-refractivity contribution in [3.05, 3.63) is 58.4 Å². The lowest BCUT2D eigenvalue weighted by Crippen LogP contribution is -2.28. The summed E-state index contributed by atoms with van der Waals surface area (Å²) in [4.78, 5) is 12.2. The van der Waals surface area contributed by atoms with Crippen molar-refractivity contribution in [1.29, 1.82) is 0 Å². The van der Waals surface area contributed by atoms with Crippen LogP contribution in [-0.2, 0) is 10.5 Å². The lowest BCUT2D eigenvalue weighted by Gasteiger charge is -2.17. The van der Waals surface area contributed by atoms with Gasteiger partial charge in [-0.1, -0.05) is 23.7 Å². The Morgan fingerprint density at radius 1 is 1.14 bits per heavy atom. The number of amides is 1. The molecule has 0 bridgehead atoms. The van der Waals surface area contributed by atoms with Gasteiger partial charge in [-0.25, -0.2) is 4.39 Å². The van der Waals surface area contributed by atoms with Crippen molar-refractivity contribution in [2.24, 2.45) is 0 Å². The van der Waals surface area contributed by atoms with Gasteiger partial charge in [-0.15, -0.1) is 11.8 Å². The van der Waals surface area contributed by atoms with Crippen LogP contribution in [0.15, 0.2) is 36.4 Å². The minimum Gasteiger partial charge on any atom is -0.490 e. The number of carbonyl (C=O) groups excluding carboxylic acids is 1. The summed E-state index contributed by atoms with van der Waals surface area (Å²) in [5.41, 5.74) is 1.46. The van der Waals surface area contributed by atoms with Crippen LogP contribution >= 0.6 is 23.4 Å². The normalized spacial score (nSPS) is 11.8. The van der Waals surface area contributed by atoms with Crippen LogP contribution in [0.2, 0.25) is 5.02 Å². The zero-order chi connectivity index (χ0) is 20.5. The first kappa shape index (κ1) is 22.4. The van der Waals surface area contributed by atoms with Crippen LogP contribution in [0.5, 0.6) is 11.5 Å². The van der Waals surface area contributed by atoms with E-state index < -0.39 is 0 Å². The van der Waals surface area contributed by atoms with Gasteiger partial charge < -0.3 is 14.8 Å². The van der Waals surface area contributed by atoms with E-state index in [1.165, 1.54) is 17.8 Å². The molecule has 4 nitrogen and oxygen atoms in total. The fraction of sp³-hybridized carbons (Fsp3) is 0.381. The van der Waals surface area contributed by atoms with Crippen molar-refractivity contribution in [1.82, 2.24) is 5.32 Å². The molecule has 1 N–H and O–H groups in total. The summed E-state index contributed by atoms with van der Waals surface area (Å²) in [7, 11) is 0. The second kappa shape index (κ2) is 11.2. The minimum atomic E-state index is -0.355. The van der Waals surface area contributed by atoms with Crippen molar-refractivity contribution in [2.75, 3.05) is 19.0 Å². The van der Waals surface area contributed by atoms with E-state index in [2.05, 4.69) is 5.32 Å². The number of carbonyl (C=O) groups is 1. The number of hydrogen-bond donors (Lipinski definition) is 1. The van der Waals surface area contributed by atoms with Gasteiger partial charge in [0.2, 0.25) is 5.91 Å². The molecule has 0 aliphatic rings. The Bertz CT molecular complexity index is 803. The summed E-state index contributed by atoms with van der Waals surface area (Å²) in [5, 5.41) is 3.32. The smallest absolute Gasteiger partial charge is 0.230 e. The van der Waals surface area contributed by atoms with Crippen LogP contribution in [-0.4, -0.2) is 24.9 Å². The number of halogens is 2. The lowest BCUT2D eigenvalue weighted by molar-refractivity contribution is -0.119. The second-order valence-electron chi connectivity index (χ2n) is 6.09. The minimum absolute atomic E-state index is 0.112. The molecule has 0 spiro atoms. The standard InChI is InChI=1S/C21H25ClFNO3S/c1-4-26-19-9-7-15(10-20(19)27-5-2)14(3)24-21(25)13-28-12-16-6-8-17(22)11-18(16)23/h6-11,14H,4-5,12-13H2,1-3H3,(H,24,25)/t14-/m0/s1. The maximum atomic E-state index is 13.8. The van der Waals surface area contributed by atoms with Crippen molar-refractivity contribution < 1.29 is 18.7 Å². The fourth-order valence-corrected chi connectivity index (χ4v) is 3.58. The third-order valence-electron chi connectivity index (χ3n) is 3.95. The van der Waals surface area contributed by atoms with Crippen LogP contribution in [0, 0.1) is 5.82 Å². The third-order valence-corrected chi connectivity index (χ3v) is 5.17. The number of nitrogens with one attached hydrogen (secondary N) is 1. The van der Waals surface area contributed by atoms with Gasteiger partial charge in [0.25, 0.3) is 0 Å². The zero-order valence-corrected chi connectivity index (χ0v) is 17.8. The maximum Gasteiger partial charge on any atom is 0.230 e. The molecule has 1 amide bonds. The molecule has 2 aromatic rings. The van der Waals surface area contributed by atoms with Gasteiger partial charge in [-0.2, -0.15) is 0 Å². The number of thioether (sulfide) groups is 1. The van der Waals surface area contributed by atoms with Gasteiger partial charge in [-0.3, -0.25) is 4.79 Å². The topological polar surface area (TPSA) is 47.6 Å². The van der Waals surface area contributed by atoms with E-state index in [4.69, 9.17) is 21.1 Å². The molecule has 2 aromatic carbocycles. The Labute approximate surface area is 174 Å². The summed E-state index contributed by atoms with van der Waals surface area (Å²) in [6.45, 7) is 6.82. The number of ether oxygens (including phenoxy) is 2. The Morgan fingerprint density at radius 3 is 2.54 bits per heavy atom. The Morgan fingerprint density at radius 2 is 1.86 bits per heavy atom. The van der Waals surface area contributed by atoms with Gasteiger partial charge in [0.15, 0.2) is 11.5 Å². The van der Waals surface area contributed by atoms with E-state index in [0.717, 1.165) is 5.56 Å². The Hall–Kier alpha value is -1.92. The summed E-state index contributed by atoms with van der Waals surface area (Å²) >= 11 is 7.10. The highest BCUT2D eigenvalue weighted by Crippen LogP contribution is 2.30. The highest BCUT2D eigenvalue weighted by molar-refractivity contribution is 7.99. The van der Waals surface area contributed by atoms with Crippen LogP contribution in [0.25, 0.3) is 0 Å². The van der Waals surface area contributed by atoms with Gasteiger partial charge >= 0.3 is 0 Å². The first-order chi connectivity index (χ1) is 13.4. The SMILES string of the molecule is CCOc1ccc([C@H](C)NC(=O)CSCc2ccc(Cl)cc2F)cc1OCC. The van der Waals surface area contributed by atoms with Crippen LogP contribution in [0.4, 0.5) is 4.39 Å². The summed E-state index contributed by atoms with van der Waals surface area (Å²) < 4.78 is 25.0. The van der Waals surface area contributed by atoms with Crippen molar-refractivity contribution in [3.63, 3.8) is 0 Å². The second-order valence-corrected chi connectivity index (χ2v) is 7.51. The Kier molecular flexibility index (Phi) is 8.93. The molecule has 0 fully saturated rings. The van der Waals surface area contributed by atoms with Crippen molar-refractivity contribution >= 4 is 29.3 Å². The van der Waals surface area contributed by atoms with E-state index in [0.29, 0.717) is 41.1 Å². The monoisotopic (exact) mass is 425 g/mol. The van der Waals surface area contributed by atoms with E-state index in [9.17, 15) is 9.18 Å². The fourth-order valence-electron chi connectivity index (χ4n) is 2.60. The average Bonchev–Trinajstić information content (AvgIpc) is 2.65. The maximum absolute atomic E-state index is 13.8. The quantitative estimate of drug-likeness (QED) is 0.554. The van der Waals surface area contributed by atoms with Crippen LogP contribution < -0.4 is 14.8 Å². The summed E-state index contributed by atoms with van der Waals surface area (Å²) in [6, 6.07) is 10.0. The molecule has 0 aromatic heterocycles. The van der Waals surface area contributed by atoms with Gasteiger partial charge in [-0.05, 0) is 56.2 Å². The highest BCUT2D eigenvalue weighted by Gasteiger charge is 2.14. The largest absolute Gasteiger partial charge is 0.490 e. The first-order valence-corrected chi connectivity index (χ1v) is 10.7. The van der Waals surface area contributed by atoms with E-state index in [1.54, 1.807) is 12.1 Å². The van der Waals surface area contributed by atoms with E-state index in [1.807, 2.05) is 39.0 Å². The molecular weight excluding hydrogens is 401 g/mol. The Balaban J connectivity index is 1.90. The van der Waals surface area contributed by atoms with E-state index >= 15 is 0 Å². The van der Waals surface area contributed by atoms with Crippen LogP contribution in [0.1, 0.15) is 37.9 Å². The van der Waals surface area contributed by atoms with Crippen molar-refractivity contribution in [2.45, 2.75) is 32.6 Å². The predicted molar refractivity (Wildman–Crippen MR) is 113 cm³/mol. The highest BCUT2D eigenvalue weighted by atomic mass is 35.5. The molecule has 28 heavy (non-hydrogen) atoms. The van der Waals surface area contributed by atoms with Crippen molar-refractivity contribution in [3.8, 4) is 11.5 Å². The van der Waals surface area contributed by atoms with Gasteiger partial charge in [0, 0.05) is 10.8 Å². The average molecular weight is 426 g/mol. The molecule has 0 saturated carbocycles. The number of hydrogen-bond acceptors (Lipinski definition) is 4. The van der Waals surface area contributed by atoms with Gasteiger partial charge in [0.1, 0.15) is 5.82 Å². The number of rotatable bonds is 10. The molecular formula is C21H25ClFNO3S. The summed E-state index contributed by atoms with van der Waals surface area (Å²) in [6.07, 6.45) is 0.